The molecule has 0 bridgehead atoms. The molecule has 0 aliphatic carbocycles. The molecule has 0 radical (unpaired) electrons. The van der Waals surface area contributed by atoms with E-state index < -0.39 is 31.8 Å². The Bertz CT molecular complexity index is 953. The molecule has 0 saturated carbocycles. The topological polar surface area (TPSA) is 151 Å². The monoisotopic (exact) mass is 418 g/mol. The standard InChI is InChI=1S/C15H22N4O6S2/c1-26(21,22)13-10-11(6-7-12(13)18-8-4-3-5-9-18)14(20)19(15(16)17)25-27(2,23)24/h6-7,10H,3-5,8-9H2,1-2H3,(H3,16,17). The van der Waals surface area contributed by atoms with Crippen molar-refractivity contribution >= 4 is 37.5 Å². The summed E-state index contributed by atoms with van der Waals surface area (Å²) in [6, 6.07) is 3.99. The minimum Gasteiger partial charge on any atom is -0.370 e. The molecule has 0 unspecified atom stereocenters. The van der Waals surface area contributed by atoms with Gasteiger partial charge in [-0.25, -0.2) is 8.42 Å². The predicted molar refractivity (Wildman–Crippen MR) is 99.6 cm³/mol. The second-order valence-electron chi connectivity index (χ2n) is 6.27. The van der Waals surface area contributed by atoms with Crippen LogP contribution in [0.3, 0.4) is 0 Å². The summed E-state index contributed by atoms with van der Waals surface area (Å²) in [5.74, 6) is -2.02. The van der Waals surface area contributed by atoms with E-state index in [4.69, 9.17) is 11.1 Å². The van der Waals surface area contributed by atoms with Crippen molar-refractivity contribution in [2.75, 3.05) is 30.5 Å². The van der Waals surface area contributed by atoms with Crippen LogP contribution >= 0.6 is 0 Å². The number of hydrogen-bond acceptors (Lipinski definition) is 8. The first-order valence-electron chi connectivity index (χ1n) is 8.07. The summed E-state index contributed by atoms with van der Waals surface area (Å²) in [5, 5.41) is 7.45. The van der Waals surface area contributed by atoms with Crippen LogP contribution in [0.15, 0.2) is 23.1 Å². The summed E-state index contributed by atoms with van der Waals surface area (Å²) in [6.07, 6.45) is 4.66. The summed E-state index contributed by atoms with van der Waals surface area (Å²) in [5.41, 5.74) is 5.53. The molecule has 12 heteroatoms. The number of carbonyl (C=O) groups excluding carboxylic acids is 1. The molecule has 1 aliphatic rings. The molecule has 1 aromatic carbocycles. The van der Waals surface area contributed by atoms with Crippen LogP contribution in [-0.4, -0.2) is 59.4 Å². The Kier molecular flexibility index (Phi) is 6.12. The fourth-order valence-corrected chi connectivity index (χ4v) is 4.11. The average molecular weight is 418 g/mol. The molecule has 0 atom stereocenters. The molecule has 10 nitrogen and oxygen atoms in total. The van der Waals surface area contributed by atoms with Gasteiger partial charge in [0.15, 0.2) is 9.84 Å². The summed E-state index contributed by atoms with van der Waals surface area (Å²) in [6.45, 7) is 1.40. The fourth-order valence-electron chi connectivity index (χ4n) is 2.78. The van der Waals surface area contributed by atoms with E-state index in [2.05, 4.69) is 4.28 Å². The van der Waals surface area contributed by atoms with Gasteiger partial charge in [-0.3, -0.25) is 10.2 Å². The van der Waals surface area contributed by atoms with Gasteiger partial charge in [-0.15, -0.1) is 9.35 Å². The number of hydrogen-bond donors (Lipinski definition) is 2. The second kappa shape index (κ2) is 7.82. The SMILES string of the molecule is CS(=O)(=O)ON(C(=N)N)C(=O)c1ccc(N2CCCCC2)c(S(C)(=O)=O)c1. The lowest BCUT2D eigenvalue weighted by atomic mass is 10.1. The van der Waals surface area contributed by atoms with Crippen LogP contribution in [-0.2, 0) is 24.2 Å². The van der Waals surface area contributed by atoms with Gasteiger partial charge in [-0.05, 0) is 37.5 Å². The highest BCUT2D eigenvalue weighted by atomic mass is 32.2. The first-order chi connectivity index (χ1) is 12.4. The molecule has 1 fully saturated rings. The highest BCUT2D eigenvalue weighted by molar-refractivity contribution is 7.90. The van der Waals surface area contributed by atoms with E-state index in [1.165, 1.54) is 12.1 Å². The van der Waals surface area contributed by atoms with Crippen LogP contribution in [0.4, 0.5) is 5.69 Å². The highest BCUT2D eigenvalue weighted by Crippen LogP contribution is 2.29. The molecule has 3 N–H and O–H groups in total. The zero-order chi connectivity index (χ0) is 20.4. The number of guanidine groups is 1. The summed E-state index contributed by atoms with van der Waals surface area (Å²) in [4.78, 5) is 14.4. The van der Waals surface area contributed by atoms with Gasteiger partial charge in [0, 0.05) is 24.9 Å². The molecule has 150 valence electrons. The van der Waals surface area contributed by atoms with Crippen molar-refractivity contribution in [1.82, 2.24) is 5.06 Å². The molecule has 1 aliphatic heterocycles. The van der Waals surface area contributed by atoms with Crippen LogP contribution in [0.2, 0.25) is 0 Å². The van der Waals surface area contributed by atoms with Crippen LogP contribution < -0.4 is 10.6 Å². The maximum atomic E-state index is 12.5. The highest BCUT2D eigenvalue weighted by Gasteiger charge is 2.27. The minimum atomic E-state index is -4.13. The average Bonchev–Trinajstić information content (AvgIpc) is 2.57. The van der Waals surface area contributed by atoms with Crippen LogP contribution in [0.25, 0.3) is 0 Å². The minimum absolute atomic E-state index is 0.0573. The molecule has 1 aromatic rings. The smallest absolute Gasteiger partial charge is 0.286 e. The number of hydroxylamine groups is 2. The summed E-state index contributed by atoms with van der Waals surface area (Å²) >= 11 is 0. The van der Waals surface area contributed by atoms with Crippen molar-refractivity contribution in [2.24, 2.45) is 5.73 Å². The molecule has 1 amide bonds. The normalized spacial score (nSPS) is 15.4. The van der Waals surface area contributed by atoms with Gasteiger partial charge in [0.1, 0.15) is 0 Å². The first kappa shape index (κ1) is 21.1. The van der Waals surface area contributed by atoms with Gasteiger partial charge < -0.3 is 10.6 Å². The van der Waals surface area contributed by atoms with E-state index in [1.807, 2.05) is 4.90 Å². The van der Waals surface area contributed by atoms with E-state index >= 15 is 0 Å². The third-order valence-electron chi connectivity index (χ3n) is 3.92. The zero-order valence-electron chi connectivity index (χ0n) is 15.0. The van der Waals surface area contributed by atoms with Gasteiger partial charge in [-0.1, -0.05) is 0 Å². The Morgan fingerprint density at radius 2 is 1.74 bits per heavy atom. The molecular weight excluding hydrogens is 396 g/mol. The van der Waals surface area contributed by atoms with E-state index in [1.54, 1.807) is 0 Å². The third-order valence-corrected chi connectivity index (χ3v) is 5.46. The maximum absolute atomic E-state index is 12.5. The van der Waals surface area contributed by atoms with Crippen molar-refractivity contribution in [1.29, 1.82) is 5.41 Å². The van der Waals surface area contributed by atoms with Gasteiger partial charge in [0.25, 0.3) is 16.0 Å². The number of nitrogens with zero attached hydrogens (tertiary/aromatic N) is 2. The number of amides is 1. The lowest BCUT2D eigenvalue weighted by Crippen LogP contribution is -2.42. The maximum Gasteiger partial charge on any atom is 0.286 e. The van der Waals surface area contributed by atoms with E-state index in [9.17, 15) is 21.6 Å². The quantitative estimate of drug-likeness (QED) is 0.394. The van der Waals surface area contributed by atoms with Gasteiger partial charge in [-0.2, -0.15) is 8.42 Å². The van der Waals surface area contributed by atoms with Crippen LogP contribution in [0.5, 0.6) is 0 Å². The number of nitrogens with one attached hydrogen (secondary N) is 1. The molecule has 0 aromatic heterocycles. The Morgan fingerprint density at radius 1 is 1.15 bits per heavy atom. The third kappa shape index (κ3) is 5.40. The Balaban J connectivity index is 2.48. The summed E-state index contributed by atoms with van der Waals surface area (Å²) in [7, 11) is -7.80. The lowest BCUT2D eigenvalue weighted by molar-refractivity contribution is 0.0201. The zero-order valence-corrected chi connectivity index (χ0v) is 16.6. The molecule has 2 rings (SSSR count). The number of benzene rings is 1. The number of carbonyl (C=O) groups is 1. The van der Waals surface area contributed by atoms with Crippen molar-refractivity contribution in [3.05, 3.63) is 23.8 Å². The van der Waals surface area contributed by atoms with Crippen molar-refractivity contribution in [3.8, 4) is 0 Å². The molecule has 1 heterocycles. The number of rotatable bonds is 5. The van der Waals surface area contributed by atoms with Gasteiger partial charge in [0.05, 0.1) is 16.8 Å². The van der Waals surface area contributed by atoms with Crippen molar-refractivity contribution < 1.29 is 25.9 Å². The Morgan fingerprint density at radius 3 is 2.22 bits per heavy atom. The number of piperidine rings is 1. The van der Waals surface area contributed by atoms with Crippen molar-refractivity contribution in [2.45, 2.75) is 24.2 Å². The van der Waals surface area contributed by atoms with E-state index in [0.717, 1.165) is 31.6 Å². The summed E-state index contributed by atoms with van der Waals surface area (Å²) < 4.78 is 51.5. The molecule has 27 heavy (non-hydrogen) atoms. The van der Waals surface area contributed by atoms with Gasteiger partial charge >= 0.3 is 0 Å². The number of anilines is 1. The lowest BCUT2D eigenvalue weighted by Gasteiger charge is -2.30. The largest absolute Gasteiger partial charge is 0.370 e. The molecule has 1 saturated heterocycles. The van der Waals surface area contributed by atoms with E-state index in [-0.39, 0.29) is 15.5 Å². The van der Waals surface area contributed by atoms with Crippen molar-refractivity contribution in [3.63, 3.8) is 0 Å². The number of sulfone groups is 1. The Labute approximate surface area is 158 Å². The first-order valence-corrected chi connectivity index (χ1v) is 11.8. The Hall–Kier alpha value is -2.18. The molecular formula is C15H22N4O6S2. The van der Waals surface area contributed by atoms with Crippen LogP contribution in [0, 0.1) is 5.41 Å². The van der Waals surface area contributed by atoms with E-state index in [0.29, 0.717) is 25.0 Å². The number of nitrogens with two attached hydrogens (primary N) is 1. The van der Waals surface area contributed by atoms with Gasteiger partial charge in [0.2, 0.25) is 5.96 Å². The predicted octanol–water partition coefficient (Wildman–Crippen LogP) is 0.307. The molecule has 0 spiro atoms. The second-order valence-corrected chi connectivity index (χ2v) is 9.81. The fraction of sp³-hybridized carbons (Fsp3) is 0.467. The van der Waals surface area contributed by atoms with Crippen LogP contribution in [0.1, 0.15) is 29.6 Å².